The zero-order chi connectivity index (χ0) is 19.7. The zero-order valence-electron chi connectivity index (χ0n) is 16.0. The first-order chi connectivity index (χ1) is 13.4. The fourth-order valence-electron chi connectivity index (χ4n) is 4.47. The smallest absolute Gasteiger partial charge is 0.369 e. The second-order valence-electron chi connectivity index (χ2n) is 8.13. The first-order valence-electron chi connectivity index (χ1n) is 10.2. The average Bonchev–Trinajstić information content (AvgIpc) is 3.00. The van der Waals surface area contributed by atoms with Crippen molar-refractivity contribution < 1.29 is 18.0 Å². The van der Waals surface area contributed by atoms with E-state index >= 15 is 0 Å². The molecule has 3 fully saturated rings. The molecule has 0 aromatic carbocycles. The predicted octanol–water partition coefficient (Wildman–Crippen LogP) is 3.01. The molecule has 0 spiro atoms. The molecule has 0 radical (unpaired) electrons. The Morgan fingerprint density at radius 2 is 1.82 bits per heavy atom. The van der Waals surface area contributed by atoms with Crippen LogP contribution in [0, 0.1) is 5.92 Å². The van der Waals surface area contributed by atoms with Gasteiger partial charge in [0.2, 0.25) is 5.91 Å². The number of halogens is 3. The summed E-state index contributed by atoms with van der Waals surface area (Å²) < 4.78 is 38.0. The first kappa shape index (κ1) is 19.5. The van der Waals surface area contributed by atoms with Crippen LogP contribution in [0.5, 0.6) is 0 Å². The molecule has 1 saturated carbocycles. The number of carbonyl (C=O) groups excluding carboxylic acids is 1. The van der Waals surface area contributed by atoms with Gasteiger partial charge in [-0.15, -0.1) is 0 Å². The topological polar surface area (TPSA) is 39.7 Å². The van der Waals surface area contributed by atoms with Crippen LogP contribution in [0.4, 0.5) is 18.9 Å². The van der Waals surface area contributed by atoms with Crippen molar-refractivity contribution in [2.45, 2.75) is 44.3 Å². The van der Waals surface area contributed by atoms with Crippen LogP contribution < -0.4 is 4.90 Å². The number of aromatic nitrogens is 1. The summed E-state index contributed by atoms with van der Waals surface area (Å²) in [4.78, 5) is 23.0. The van der Waals surface area contributed by atoms with Crippen LogP contribution in [0.3, 0.4) is 0 Å². The summed E-state index contributed by atoms with van der Waals surface area (Å²) in [5.74, 6) is 0.107. The number of carbonyl (C=O) groups is 1. The second-order valence-corrected chi connectivity index (χ2v) is 8.13. The monoisotopic (exact) mass is 396 g/mol. The van der Waals surface area contributed by atoms with Crippen molar-refractivity contribution in [1.82, 2.24) is 14.8 Å². The number of nitrogens with zero attached hydrogens (tertiary/aromatic N) is 4. The highest BCUT2D eigenvalue weighted by Crippen LogP contribution is 2.31. The fraction of sp³-hybridized carbons (Fsp3) is 0.700. The molecule has 5 nitrogen and oxygen atoms in total. The number of rotatable bonds is 3. The molecule has 3 heterocycles. The summed E-state index contributed by atoms with van der Waals surface area (Å²) in [6, 6.07) is 3.17. The van der Waals surface area contributed by atoms with E-state index in [0.717, 1.165) is 45.1 Å². The van der Waals surface area contributed by atoms with Gasteiger partial charge in [-0.2, -0.15) is 13.2 Å². The van der Waals surface area contributed by atoms with E-state index in [0.29, 0.717) is 24.8 Å². The lowest BCUT2D eigenvalue weighted by Gasteiger charge is -2.36. The molecule has 1 aliphatic carbocycles. The number of amides is 1. The van der Waals surface area contributed by atoms with Crippen LogP contribution in [-0.4, -0.2) is 66.0 Å². The quantitative estimate of drug-likeness (QED) is 0.788. The maximum Gasteiger partial charge on any atom is 0.433 e. The molecule has 2 aliphatic heterocycles. The van der Waals surface area contributed by atoms with Gasteiger partial charge in [0.05, 0.1) is 17.8 Å². The molecule has 1 amide bonds. The number of hydrogen-bond donors (Lipinski definition) is 0. The highest BCUT2D eigenvalue weighted by atomic mass is 19.4. The number of pyridine rings is 1. The molecule has 0 bridgehead atoms. The lowest BCUT2D eigenvalue weighted by Crippen LogP contribution is -2.43. The maximum absolute atomic E-state index is 13.0. The van der Waals surface area contributed by atoms with Gasteiger partial charge in [-0.25, -0.2) is 4.98 Å². The molecule has 0 N–H and O–H groups in total. The highest BCUT2D eigenvalue weighted by Gasteiger charge is 2.35. The Balaban J connectivity index is 1.32. The largest absolute Gasteiger partial charge is 0.433 e. The van der Waals surface area contributed by atoms with Crippen molar-refractivity contribution in [2.24, 2.45) is 5.92 Å². The fourth-order valence-corrected chi connectivity index (χ4v) is 4.47. The number of alkyl halides is 3. The van der Waals surface area contributed by atoms with Crippen molar-refractivity contribution in [3.8, 4) is 0 Å². The van der Waals surface area contributed by atoms with E-state index in [2.05, 4.69) is 9.88 Å². The third-order valence-electron chi connectivity index (χ3n) is 6.37. The lowest BCUT2D eigenvalue weighted by atomic mass is 9.91. The van der Waals surface area contributed by atoms with E-state index < -0.39 is 11.9 Å². The van der Waals surface area contributed by atoms with Gasteiger partial charge >= 0.3 is 6.18 Å². The van der Waals surface area contributed by atoms with Crippen LogP contribution in [0.15, 0.2) is 18.3 Å². The van der Waals surface area contributed by atoms with Gasteiger partial charge in [-0.1, -0.05) is 6.42 Å². The Kier molecular flexibility index (Phi) is 5.49. The number of hydrogen-bond acceptors (Lipinski definition) is 4. The molecule has 1 aromatic heterocycles. The average molecular weight is 396 g/mol. The van der Waals surface area contributed by atoms with Crippen molar-refractivity contribution >= 4 is 11.6 Å². The Bertz CT molecular complexity index is 690. The summed E-state index contributed by atoms with van der Waals surface area (Å²) in [6.07, 6.45) is 2.48. The van der Waals surface area contributed by atoms with Gasteiger partial charge in [-0.3, -0.25) is 9.69 Å². The molecular formula is C20H27F3N4O. The SMILES string of the molecule is O=C([C@H]1CCN(c2ccc(C(F)(F)F)nc2)C1)N1CCCN(C2CCC2)CC1. The first-order valence-corrected chi connectivity index (χ1v) is 10.2. The molecule has 4 rings (SSSR count). The van der Waals surface area contributed by atoms with Gasteiger partial charge in [0, 0.05) is 45.3 Å². The number of anilines is 1. The van der Waals surface area contributed by atoms with E-state index in [1.54, 1.807) is 0 Å². The van der Waals surface area contributed by atoms with Crippen molar-refractivity contribution in [1.29, 1.82) is 0 Å². The minimum Gasteiger partial charge on any atom is -0.369 e. The molecule has 154 valence electrons. The van der Waals surface area contributed by atoms with Crippen LogP contribution in [-0.2, 0) is 11.0 Å². The van der Waals surface area contributed by atoms with Crippen molar-refractivity contribution in [2.75, 3.05) is 44.2 Å². The van der Waals surface area contributed by atoms with Gasteiger partial charge in [0.25, 0.3) is 0 Å². The molecule has 2 saturated heterocycles. The van der Waals surface area contributed by atoms with Gasteiger partial charge in [-0.05, 0) is 37.8 Å². The third kappa shape index (κ3) is 4.11. The van der Waals surface area contributed by atoms with E-state index in [4.69, 9.17) is 0 Å². The maximum atomic E-state index is 13.0. The summed E-state index contributed by atoms with van der Waals surface area (Å²) in [7, 11) is 0. The molecule has 1 aromatic rings. The summed E-state index contributed by atoms with van der Waals surface area (Å²) >= 11 is 0. The third-order valence-corrected chi connectivity index (χ3v) is 6.37. The molecule has 1 atom stereocenters. The van der Waals surface area contributed by atoms with Crippen molar-refractivity contribution in [3.05, 3.63) is 24.0 Å². The molecule has 0 unspecified atom stereocenters. The molecule has 28 heavy (non-hydrogen) atoms. The second kappa shape index (κ2) is 7.89. The minimum atomic E-state index is -4.43. The lowest BCUT2D eigenvalue weighted by molar-refractivity contribution is -0.141. The predicted molar refractivity (Wildman–Crippen MR) is 100.0 cm³/mol. The van der Waals surface area contributed by atoms with Crippen LogP contribution in [0.25, 0.3) is 0 Å². The summed E-state index contributed by atoms with van der Waals surface area (Å²) in [6.45, 7) is 4.84. The Labute approximate surface area is 163 Å². The van der Waals surface area contributed by atoms with Gasteiger partial charge in [0.15, 0.2) is 0 Å². The van der Waals surface area contributed by atoms with Gasteiger partial charge < -0.3 is 9.80 Å². The van der Waals surface area contributed by atoms with Gasteiger partial charge in [0.1, 0.15) is 5.69 Å². The Morgan fingerprint density at radius 3 is 2.46 bits per heavy atom. The molecule has 3 aliphatic rings. The van der Waals surface area contributed by atoms with E-state index in [1.807, 2.05) is 9.80 Å². The highest BCUT2D eigenvalue weighted by molar-refractivity contribution is 5.80. The van der Waals surface area contributed by atoms with E-state index in [-0.39, 0.29) is 11.8 Å². The van der Waals surface area contributed by atoms with E-state index in [1.165, 1.54) is 31.5 Å². The summed E-state index contributed by atoms with van der Waals surface area (Å²) in [5.41, 5.74) is -0.237. The molecule has 8 heteroatoms. The normalized spacial score (nSPS) is 24.9. The summed E-state index contributed by atoms with van der Waals surface area (Å²) in [5, 5.41) is 0. The van der Waals surface area contributed by atoms with Crippen LogP contribution >= 0.6 is 0 Å². The van der Waals surface area contributed by atoms with Crippen LogP contribution in [0.2, 0.25) is 0 Å². The van der Waals surface area contributed by atoms with Crippen LogP contribution in [0.1, 0.15) is 37.8 Å². The molecular weight excluding hydrogens is 369 g/mol. The van der Waals surface area contributed by atoms with Crippen molar-refractivity contribution in [3.63, 3.8) is 0 Å². The Morgan fingerprint density at radius 1 is 1.00 bits per heavy atom. The minimum absolute atomic E-state index is 0.0856. The van der Waals surface area contributed by atoms with E-state index in [9.17, 15) is 18.0 Å². The standard InChI is InChI=1S/C20H27F3N4O/c21-20(22,23)18-6-5-17(13-24-18)27-10-7-15(14-27)19(28)26-9-2-8-25(11-12-26)16-3-1-4-16/h5-6,13,15-16H,1-4,7-12,14H2/t15-/m0/s1. The zero-order valence-corrected chi connectivity index (χ0v) is 16.0. The Hall–Kier alpha value is -1.83.